The minimum Gasteiger partial charge on any atom is -0.493 e. The summed E-state index contributed by atoms with van der Waals surface area (Å²) in [6, 6.07) is 24.2. The van der Waals surface area contributed by atoms with Gasteiger partial charge >= 0.3 is 0 Å². The lowest BCUT2D eigenvalue weighted by molar-refractivity contribution is 0.0958. The van der Waals surface area contributed by atoms with Crippen LogP contribution in [0.2, 0.25) is 0 Å². The average molecular weight is 435 g/mol. The highest BCUT2D eigenvalue weighted by Crippen LogP contribution is 2.29. The van der Waals surface area contributed by atoms with Crippen molar-refractivity contribution in [3.05, 3.63) is 84.6 Å². The lowest BCUT2D eigenvalue weighted by Crippen LogP contribution is -2.25. The van der Waals surface area contributed by atoms with Crippen molar-refractivity contribution in [3.8, 4) is 5.75 Å². The van der Waals surface area contributed by atoms with Crippen molar-refractivity contribution >= 4 is 39.2 Å². The van der Waals surface area contributed by atoms with Crippen molar-refractivity contribution in [2.75, 3.05) is 18.6 Å². The summed E-state index contributed by atoms with van der Waals surface area (Å²) in [6.07, 6.45) is 0. The normalized spacial score (nSPS) is 11.8. The lowest BCUT2D eigenvalue weighted by Gasteiger charge is -2.19. The van der Waals surface area contributed by atoms with Crippen molar-refractivity contribution in [3.63, 3.8) is 0 Å². The number of amides is 1. The second kappa shape index (κ2) is 9.06. The Kier molecular flexibility index (Phi) is 6.04. The number of hydrogen-bond donors (Lipinski definition) is 1. The maximum Gasteiger partial charge on any atom is 0.298 e. The van der Waals surface area contributed by atoms with Crippen LogP contribution in [0.4, 0.5) is 11.4 Å². The fraction of sp³-hybridized carbons (Fsp3) is 0.125. The smallest absolute Gasteiger partial charge is 0.298 e. The van der Waals surface area contributed by atoms with Gasteiger partial charge in [-0.3, -0.25) is 9.52 Å². The van der Waals surface area contributed by atoms with Gasteiger partial charge in [0.2, 0.25) is 0 Å². The van der Waals surface area contributed by atoms with Gasteiger partial charge < -0.3 is 14.1 Å². The fourth-order valence-corrected chi connectivity index (χ4v) is 4.10. The molecule has 158 valence electrons. The lowest BCUT2D eigenvalue weighted by atomic mass is 10.2. The summed E-state index contributed by atoms with van der Waals surface area (Å²) in [4.78, 5) is 15.1. The molecule has 7 heteroatoms. The molecule has 31 heavy (non-hydrogen) atoms. The molecule has 0 saturated carbocycles. The minimum atomic E-state index is -1.78. The quantitative estimate of drug-likeness (QED) is 0.441. The van der Waals surface area contributed by atoms with Crippen LogP contribution in [0.3, 0.4) is 0 Å². The molecule has 3 aromatic carbocycles. The zero-order valence-corrected chi connectivity index (χ0v) is 18.0. The van der Waals surface area contributed by atoms with Crippen LogP contribution in [0, 0.1) is 0 Å². The minimum absolute atomic E-state index is 0.0942. The highest BCUT2D eigenvalue weighted by atomic mass is 32.2. The van der Waals surface area contributed by atoms with Crippen LogP contribution in [0.1, 0.15) is 17.5 Å². The van der Waals surface area contributed by atoms with Gasteiger partial charge in [0.05, 0.1) is 6.61 Å². The zero-order chi connectivity index (χ0) is 21.8. The topological polar surface area (TPSA) is 71.8 Å². The van der Waals surface area contributed by atoms with Gasteiger partial charge in [-0.1, -0.05) is 30.3 Å². The summed E-state index contributed by atoms with van der Waals surface area (Å²) in [5.41, 5.74) is 2.54. The van der Waals surface area contributed by atoms with Crippen LogP contribution >= 0.6 is 0 Å². The first-order valence-corrected chi connectivity index (χ1v) is 11.0. The molecule has 1 aromatic heterocycles. The van der Waals surface area contributed by atoms with E-state index in [0.29, 0.717) is 22.8 Å². The van der Waals surface area contributed by atoms with Gasteiger partial charge in [-0.25, -0.2) is 4.21 Å². The van der Waals surface area contributed by atoms with Crippen LogP contribution in [-0.4, -0.2) is 23.8 Å². The monoisotopic (exact) mass is 434 g/mol. The molecule has 0 bridgehead atoms. The molecule has 0 fully saturated rings. The summed E-state index contributed by atoms with van der Waals surface area (Å²) >= 11 is 0. The Hall–Kier alpha value is -3.58. The van der Waals surface area contributed by atoms with E-state index in [4.69, 9.17) is 9.15 Å². The van der Waals surface area contributed by atoms with E-state index in [0.717, 1.165) is 16.8 Å². The number of carbonyl (C=O) groups excluding carboxylic acids is 1. The summed E-state index contributed by atoms with van der Waals surface area (Å²) in [6.45, 7) is 2.28. The number of fused-ring (bicyclic) bond motifs is 1. The fourth-order valence-electron chi connectivity index (χ4n) is 3.21. The molecule has 1 unspecified atom stereocenters. The van der Waals surface area contributed by atoms with Crippen LogP contribution in [-0.2, 0) is 11.0 Å². The molecule has 1 heterocycles. The summed E-state index contributed by atoms with van der Waals surface area (Å²) < 4.78 is 26.4. The van der Waals surface area contributed by atoms with E-state index in [1.54, 1.807) is 30.3 Å². The second-order valence-corrected chi connectivity index (χ2v) is 7.99. The maximum absolute atomic E-state index is 12.7. The van der Waals surface area contributed by atoms with Crippen molar-refractivity contribution in [1.29, 1.82) is 0 Å². The van der Waals surface area contributed by atoms with Gasteiger partial charge in [0, 0.05) is 29.9 Å². The number of ether oxygens (including phenoxy) is 1. The van der Waals surface area contributed by atoms with Gasteiger partial charge in [-0.2, -0.15) is 0 Å². The number of anilines is 2. The molecule has 0 radical (unpaired) electrons. The molecule has 0 aliphatic heterocycles. The molecule has 1 amide bonds. The first kappa shape index (κ1) is 20.7. The van der Waals surface area contributed by atoms with E-state index >= 15 is 0 Å². The van der Waals surface area contributed by atoms with Gasteiger partial charge in [0.15, 0.2) is 16.7 Å². The first-order valence-electron chi connectivity index (χ1n) is 9.84. The van der Waals surface area contributed by atoms with Crippen LogP contribution < -0.4 is 14.4 Å². The Morgan fingerprint density at radius 2 is 1.74 bits per heavy atom. The predicted octanol–water partition coefficient (Wildman–Crippen LogP) is 5.05. The van der Waals surface area contributed by atoms with Crippen LogP contribution in [0.15, 0.2) is 88.2 Å². The maximum atomic E-state index is 12.7. The molecule has 4 aromatic rings. The Morgan fingerprint density at radius 1 is 1.00 bits per heavy atom. The van der Waals surface area contributed by atoms with Gasteiger partial charge in [-0.05, 0) is 49.4 Å². The first-order chi connectivity index (χ1) is 15.1. The molecule has 0 aliphatic carbocycles. The number of furan rings is 1. The molecule has 4 rings (SSSR count). The van der Waals surface area contributed by atoms with Gasteiger partial charge in [0.25, 0.3) is 5.91 Å². The van der Waals surface area contributed by atoms with Crippen molar-refractivity contribution in [1.82, 2.24) is 4.72 Å². The predicted molar refractivity (Wildman–Crippen MR) is 122 cm³/mol. The number of benzene rings is 3. The van der Waals surface area contributed by atoms with Crippen molar-refractivity contribution < 1.29 is 18.2 Å². The Morgan fingerprint density at radius 3 is 2.52 bits per heavy atom. The third kappa shape index (κ3) is 4.46. The van der Waals surface area contributed by atoms with E-state index in [9.17, 15) is 9.00 Å². The Labute approximate surface area is 183 Å². The number of nitrogens with zero attached hydrogens (tertiary/aromatic N) is 1. The average Bonchev–Trinajstić information content (AvgIpc) is 3.23. The summed E-state index contributed by atoms with van der Waals surface area (Å²) in [5, 5.41) is 0.788. The molecule has 1 N–H and O–H groups in total. The third-order valence-corrected chi connectivity index (χ3v) is 5.90. The van der Waals surface area contributed by atoms with Crippen molar-refractivity contribution in [2.45, 2.75) is 11.8 Å². The molecule has 0 spiro atoms. The molecule has 0 saturated heterocycles. The van der Waals surface area contributed by atoms with Gasteiger partial charge in [0.1, 0.15) is 16.2 Å². The van der Waals surface area contributed by atoms with E-state index in [-0.39, 0.29) is 5.76 Å². The Bertz CT molecular complexity index is 1240. The number of nitrogens with one attached hydrogen (secondary N) is 1. The van der Waals surface area contributed by atoms with Crippen LogP contribution in [0.5, 0.6) is 5.75 Å². The molecular weight excluding hydrogens is 412 g/mol. The molecule has 1 atom stereocenters. The van der Waals surface area contributed by atoms with E-state index < -0.39 is 16.9 Å². The molecule has 0 aliphatic rings. The highest BCUT2D eigenvalue weighted by molar-refractivity contribution is 7.83. The largest absolute Gasteiger partial charge is 0.493 e. The molecular formula is C24H22N2O4S. The number of hydrogen-bond acceptors (Lipinski definition) is 5. The highest BCUT2D eigenvalue weighted by Gasteiger charge is 2.18. The zero-order valence-electron chi connectivity index (χ0n) is 17.2. The summed E-state index contributed by atoms with van der Waals surface area (Å²) in [7, 11) is 0.186. The van der Waals surface area contributed by atoms with Crippen molar-refractivity contribution in [2.24, 2.45) is 0 Å². The van der Waals surface area contributed by atoms with E-state index in [1.165, 1.54) is 0 Å². The number of para-hydroxylation sites is 2. The SMILES string of the molecule is CCOc1ccccc1S(=O)NC(=O)c1cc2ccc(N(C)c3ccccc3)cc2o1. The number of rotatable bonds is 7. The third-order valence-electron chi connectivity index (χ3n) is 4.79. The van der Waals surface area contributed by atoms with Gasteiger partial charge in [-0.15, -0.1) is 0 Å². The molecule has 6 nitrogen and oxygen atoms in total. The second-order valence-electron chi connectivity index (χ2n) is 6.81. The summed E-state index contributed by atoms with van der Waals surface area (Å²) in [5.74, 6) is 0.0115. The standard InChI is InChI=1S/C24H22N2O4S/c1-3-29-20-11-7-8-12-23(20)31(28)25-24(27)22-15-17-13-14-19(16-21(17)30-22)26(2)18-9-5-4-6-10-18/h4-16H,3H2,1-2H3,(H,25,27). The number of carbonyl (C=O) groups is 1. The van der Waals surface area contributed by atoms with Crippen LogP contribution in [0.25, 0.3) is 11.0 Å². The van der Waals surface area contributed by atoms with E-state index in [2.05, 4.69) is 4.72 Å². The Balaban J connectivity index is 1.55. The van der Waals surface area contributed by atoms with E-state index in [1.807, 2.05) is 67.4 Å².